The van der Waals surface area contributed by atoms with Crippen molar-refractivity contribution >= 4 is 0 Å². The predicted octanol–water partition coefficient (Wildman–Crippen LogP) is 5.54. The molecule has 0 amide bonds. The Morgan fingerprint density at radius 3 is 1.14 bits per heavy atom. The van der Waals surface area contributed by atoms with Crippen LogP contribution in [0.1, 0.15) is 39.5 Å². The highest BCUT2D eigenvalue weighted by molar-refractivity contribution is 5.85. The van der Waals surface area contributed by atoms with Crippen LogP contribution in [-0.4, -0.2) is 0 Å². The molecule has 0 aromatic rings. The Morgan fingerprint density at radius 2 is 0.705 bits per heavy atom. The molecule has 24 unspecified atom stereocenters. The monoisotopic (exact) mass is 566 g/mol. The summed E-state index contributed by atoms with van der Waals surface area (Å²) in [6.45, 7) is 6.03. The Bertz CT molecular complexity index is 2210. The zero-order chi connectivity index (χ0) is 25.7. The summed E-state index contributed by atoms with van der Waals surface area (Å²) >= 11 is 0. The molecule has 0 saturated heterocycles. The molecule has 0 N–H and O–H groups in total. The second kappa shape index (κ2) is 2.96. The van der Waals surface area contributed by atoms with Gasteiger partial charge >= 0.3 is 0 Å². The average Bonchev–Trinajstić information content (AvgIpc) is 2.89. The Morgan fingerprint density at radius 1 is 0.341 bits per heavy atom. The normalized spacial score (nSPS) is 122. The highest BCUT2D eigenvalue weighted by atomic mass is 15.4. The molecule has 0 aliphatic heterocycles. The van der Waals surface area contributed by atoms with E-state index in [1.165, 1.54) is 142 Å². The zero-order valence-corrected chi connectivity index (χ0v) is 25.7. The third-order valence-corrected chi connectivity index (χ3v) is 34.1. The minimum absolute atomic E-state index is 0.879. The summed E-state index contributed by atoms with van der Waals surface area (Å²) in [5, 5.41) is 0. The lowest BCUT2D eigenvalue weighted by Gasteiger charge is -3.40. The van der Waals surface area contributed by atoms with E-state index >= 15 is 0 Å². The van der Waals surface area contributed by atoms with E-state index in [9.17, 15) is 0 Å². The maximum Gasteiger partial charge on any atom is -0.00452 e. The quantitative estimate of drug-likeness (QED) is 0.361. The summed E-state index contributed by atoms with van der Waals surface area (Å²) in [4.78, 5) is 0. The molecule has 0 heteroatoms. The molecule has 0 nitrogen and oxygen atoms in total. The van der Waals surface area contributed by atoms with Crippen LogP contribution in [0.15, 0.2) is 0 Å². The molecule has 26 rings (SSSR count). The Labute approximate surface area is 256 Å². The summed E-state index contributed by atoms with van der Waals surface area (Å²) < 4.78 is 0. The molecule has 0 aromatic carbocycles. The molecule has 214 valence electrons. The number of hydrogen-bond donors (Lipinski definition) is 0. The zero-order valence-electron chi connectivity index (χ0n) is 25.7. The van der Waals surface area contributed by atoms with Gasteiger partial charge in [-0.3, -0.25) is 0 Å². The van der Waals surface area contributed by atoms with Gasteiger partial charge in [-0.1, -0.05) is 13.8 Å². The average molecular weight is 567 g/mol. The van der Waals surface area contributed by atoms with Crippen LogP contribution in [0.3, 0.4) is 0 Å². The lowest BCUT2D eigenvalue weighted by atomic mass is 8.63. The van der Waals surface area contributed by atoms with E-state index in [4.69, 9.17) is 0 Å². The van der Waals surface area contributed by atoms with Crippen LogP contribution in [0, 0.1) is 218 Å². The summed E-state index contributed by atoms with van der Waals surface area (Å²) in [6.07, 6.45) is 6.95. The first kappa shape index (κ1) is 17.1. The molecule has 44 heavy (non-hydrogen) atoms. The van der Waals surface area contributed by atoms with E-state index in [0.717, 1.165) is 75.8 Å². The van der Waals surface area contributed by atoms with Crippen molar-refractivity contribution in [2.24, 2.45) is 218 Å². The first-order chi connectivity index (χ1) is 21.6. The highest BCUT2D eigenvalue weighted by Gasteiger charge is 3.39. The van der Waals surface area contributed by atoms with Crippen LogP contribution in [0.5, 0.6) is 0 Å². The van der Waals surface area contributed by atoms with E-state index in [-0.39, 0.29) is 0 Å². The van der Waals surface area contributed by atoms with Crippen LogP contribution < -0.4 is 0 Å². The van der Waals surface area contributed by atoms with Gasteiger partial charge in [-0.05, 0) is 244 Å². The molecule has 0 heterocycles. The van der Waals surface area contributed by atoms with Gasteiger partial charge in [-0.2, -0.15) is 0 Å². The van der Waals surface area contributed by atoms with Gasteiger partial charge in [0.15, 0.2) is 0 Å². The van der Waals surface area contributed by atoms with Gasteiger partial charge in [-0.15, -0.1) is 0 Å². The van der Waals surface area contributed by atoms with Crippen LogP contribution in [-0.2, 0) is 0 Å². The van der Waals surface area contributed by atoms with Crippen molar-refractivity contribution in [3.63, 3.8) is 0 Å². The Hall–Kier alpha value is 0. The molecule has 0 aromatic heterocycles. The van der Waals surface area contributed by atoms with Gasteiger partial charge < -0.3 is 0 Å². The molecule has 0 radical (unpaired) electrons. The molecule has 26 aliphatic rings. The second-order valence-electron chi connectivity index (χ2n) is 27.0. The van der Waals surface area contributed by atoms with Gasteiger partial charge in [0.2, 0.25) is 0 Å². The van der Waals surface area contributed by atoms with E-state index in [1.54, 1.807) is 25.7 Å². The van der Waals surface area contributed by atoms with Crippen molar-refractivity contribution in [3.8, 4) is 0 Å². The molecule has 12 spiro atoms. The van der Waals surface area contributed by atoms with E-state index in [2.05, 4.69) is 13.8 Å². The lowest BCUT2D eigenvalue weighted by molar-refractivity contribution is -0.944. The van der Waals surface area contributed by atoms with E-state index < -0.39 is 0 Å². The van der Waals surface area contributed by atoms with Crippen molar-refractivity contribution < 1.29 is 0 Å². The first-order valence-corrected chi connectivity index (χ1v) is 21.6. The third-order valence-electron chi connectivity index (χ3n) is 34.1. The molecule has 26 saturated carbocycles. The summed E-state index contributed by atoms with van der Waals surface area (Å²) in [7, 11) is 0. The molecule has 26 aliphatic carbocycles. The molecule has 26 fully saturated rings. The topological polar surface area (TPSA) is 0 Å². The minimum Gasteiger partial charge on any atom is -0.0585 e. The SMILES string of the molecule is CC12C3CC4CC5C6(C)C7C8C9C%10C%11C%12C%13C%14C%15C%16CC%17CC%18C%19C%20C%21C%22C%23C%24C%25C%26C1C7(C%268C%259C%24%10C%23%11C%22%12C%21%13C%20%14C%19%15C%17%18%16)C26C435. The highest BCUT2D eigenvalue weighted by Crippen LogP contribution is 3.41. The van der Waals surface area contributed by atoms with Crippen molar-refractivity contribution in [3.05, 3.63) is 0 Å². The van der Waals surface area contributed by atoms with Gasteiger partial charge in [0.25, 0.3) is 0 Å². The minimum atomic E-state index is 0.879. The van der Waals surface area contributed by atoms with Gasteiger partial charge in [0, 0.05) is 0 Å². The summed E-state index contributed by atoms with van der Waals surface area (Å²) in [5.74, 6) is 32.1. The van der Waals surface area contributed by atoms with Crippen molar-refractivity contribution in [2.75, 3.05) is 0 Å². The summed E-state index contributed by atoms with van der Waals surface area (Å²) in [6, 6.07) is 0. The Kier molecular flexibility index (Phi) is 1.15. The number of hydrogen-bond acceptors (Lipinski definition) is 0. The predicted molar refractivity (Wildman–Crippen MR) is 148 cm³/mol. The molecular weight excluding hydrogens is 528 g/mol. The van der Waals surface area contributed by atoms with Gasteiger partial charge in [0.1, 0.15) is 0 Å². The largest absolute Gasteiger partial charge is 0.0585 e. The fraction of sp³-hybridized carbons (Fsp3) is 1.00. The smallest absolute Gasteiger partial charge is 0.00452 e. The Balaban J connectivity index is 0.748. The van der Waals surface area contributed by atoms with Crippen molar-refractivity contribution in [2.45, 2.75) is 39.5 Å². The van der Waals surface area contributed by atoms with Crippen LogP contribution in [0.25, 0.3) is 0 Å². The van der Waals surface area contributed by atoms with E-state index in [1.807, 2.05) is 0 Å². The fourth-order valence-electron chi connectivity index (χ4n) is 40.1. The first-order valence-electron chi connectivity index (χ1n) is 21.6. The van der Waals surface area contributed by atoms with Crippen LogP contribution in [0.4, 0.5) is 0 Å². The summed E-state index contributed by atoms with van der Waals surface area (Å²) in [5.41, 5.74) is 14.4. The number of fused-ring (bicyclic) bond motifs is 22. The van der Waals surface area contributed by atoms with Crippen LogP contribution in [0.2, 0.25) is 0 Å². The maximum absolute atomic E-state index is 3.01. The van der Waals surface area contributed by atoms with Crippen LogP contribution >= 0.6 is 0 Å². The third kappa shape index (κ3) is 0.507. The number of rotatable bonds is 0. The lowest BCUT2D eigenvalue weighted by Crippen LogP contribution is -3.38. The standard InChI is InChI=1S/C44H38/c1-31-11-5-8-6-12-32(2)30-28-26-24-22-20-18-16-14-10-4-7-3-9-13-15-17-19-21-23-25-27-29(31)43(30,44(31,32)34(8,11)12)42(27,28)41(25,26)40(23,24)39(21,22)38(19,20)37(17,18)36(15,16)35(13,14)33(7,9)10/h7-30H,3-6H2,1-2H3. The van der Waals surface area contributed by atoms with Gasteiger partial charge in [0.05, 0.1) is 0 Å². The maximum atomic E-state index is 3.01. The van der Waals surface area contributed by atoms with Crippen molar-refractivity contribution in [1.29, 1.82) is 0 Å². The molecule has 0 bridgehead atoms. The van der Waals surface area contributed by atoms with Crippen molar-refractivity contribution in [1.82, 2.24) is 0 Å². The molecular formula is C44H38. The fourth-order valence-corrected chi connectivity index (χ4v) is 40.1. The van der Waals surface area contributed by atoms with Gasteiger partial charge in [-0.25, -0.2) is 0 Å². The second-order valence-corrected chi connectivity index (χ2v) is 27.0. The molecule has 24 atom stereocenters. The van der Waals surface area contributed by atoms with E-state index in [0.29, 0.717) is 0 Å².